The first-order chi connectivity index (χ1) is 6.95. The van der Waals surface area contributed by atoms with Gasteiger partial charge in [0.1, 0.15) is 4.83 Å². The number of rotatable bonds is 1. The number of thiophene rings is 1. The van der Waals surface area contributed by atoms with Crippen LogP contribution in [-0.4, -0.2) is 10.2 Å². The van der Waals surface area contributed by atoms with E-state index in [1.54, 1.807) is 11.3 Å². The highest BCUT2D eigenvalue weighted by molar-refractivity contribution is 7.16. The van der Waals surface area contributed by atoms with Gasteiger partial charge in [-0.3, -0.25) is 5.10 Å². The van der Waals surface area contributed by atoms with E-state index in [1.807, 2.05) is 18.2 Å². The van der Waals surface area contributed by atoms with E-state index in [4.69, 9.17) is 0 Å². The minimum Gasteiger partial charge on any atom is -0.276 e. The van der Waals surface area contributed by atoms with Crippen molar-refractivity contribution in [3.05, 3.63) is 41.8 Å². The molecule has 1 aromatic carbocycles. The van der Waals surface area contributed by atoms with Gasteiger partial charge < -0.3 is 0 Å². The predicted molar refractivity (Wildman–Crippen MR) is 59.4 cm³/mol. The van der Waals surface area contributed by atoms with Crippen molar-refractivity contribution in [3.63, 3.8) is 0 Å². The first-order valence-corrected chi connectivity index (χ1v) is 5.30. The third kappa shape index (κ3) is 1.06. The third-order valence-electron chi connectivity index (χ3n) is 2.25. The summed E-state index contributed by atoms with van der Waals surface area (Å²) in [6.45, 7) is 0. The Kier molecular flexibility index (Phi) is 1.64. The molecule has 14 heavy (non-hydrogen) atoms. The molecule has 0 aliphatic heterocycles. The van der Waals surface area contributed by atoms with Gasteiger partial charge in [0.2, 0.25) is 0 Å². The van der Waals surface area contributed by atoms with Gasteiger partial charge in [-0.05, 0) is 11.4 Å². The van der Waals surface area contributed by atoms with Gasteiger partial charge in [0.15, 0.2) is 0 Å². The molecule has 3 heteroatoms. The quantitative estimate of drug-likeness (QED) is 0.641. The van der Waals surface area contributed by atoms with Gasteiger partial charge in [-0.1, -0.05) is 30.3 Å². The first-order valence-electron chi connectivity index (χ1n) is 4.42. The van der Waals surface area contributed by atoms with E-state index in [2.05, 4.69) is 33.8 Å². The Morgan fingerprint density at radius 3 is 2.79 bits per heavy atom. The summed E-state index contributed by atoms with van der Waals surface area (Å²) < 4.78 is 0. The standard InChI is InChI=1S/C11H8N2S/c1-2-4-8(5-3-1)10-9-6-7-14-11(9)13-12-10/h1-7H,(H,12,13). The average molecular weight is 200 g/mol. The van der Waals surface area contributed by atoms with Crippen LogP contribution in [0, 0.1) is 0 Å². The van der Waals surface area contributed by atoms with Crippen molar-refractivity contribution in [1.29, 1.82) is 0 Å². The van der Waals surface area contributed by atoms with Gasteiger partial charge in [0.25, 0.3) is 0 Å². The molecule has 2 nitrogen and oxygen atoms in total. The molecule has 0 fully saturated rings. The van der Waals surface area contributed by atoms with E-state index in [0.29, 0.717) is 0 Å². The van der Waals surface area contributed by atoms with Crippen LogP contribution in [-0.2, 0) is 0 Å². The number of benzene rings is 1. The molecule has 0 bridgehead atoms. The summed E-state index contributed by atoms with van der Waals surface area (Å²) >= 11 is 1.66. The SMILES string of the molecule is c1ccc(-c2[nH]nc3sccc23)cc1. The summed E-state index contributed by atoms with van der Waals surface area (Å²) in [4.78, 5) is 1.07. The van der Waals surface area contributed by atoms with E-state index in [0.717, 1.165) is 10.5 Å². The van der Waals surface area contributed by atoms with Crippen LogP contribution in [0.15, 0.2) is 41.8 Å². The molecular weight excluding hydrogens is 192 g/mol. The van der Waals surface area contributed by atoms with Crippen molar-refractivity contribution >= 4 is 21.6 Å². The van der Waals surface area contributed by atoms with Crippen LogP contribution in [0.25, 0.3) is 21.5 Å². The third-order valence-corrected chi connectivity index (χ3v) is 3.05. The maximum absolute atomic E-state index is 4.25. The lowest BCUT2D eigenvalue weighted by Crippen LogP contribution is -1.76. The lowest BCUT2D eigenvalue weighted by atomic mass is 10.1. The summed E-state index contributed by atoms with van der Waals surface area (Å²) in [7, 11) is 0. The highest BCUT2D eigenvalue weighted by Gasteiger charge is 2.06. The van der Waals surface area contributed by atoms with Crippen LogP contribution < -0.4 is 0 Å². The van der Waals surface area contributed by atoms with Gasteiger partial charge >= 0.3 is 0 Å². The Labute approximate surface area is 85.2 Å². The molecule has 0 aliphatic rings. The molecule has 0 aliphatic carbocycles. The van der Waals surface area contributed by atoms with Crippen LogP contribution in [0.2, 0.25) is 0 Å². The second-order valence-corrected chi connectivity index (χ2v) is 4.00. The molecule has 0 saturated heterocycles. The molecule has 0 radical (unpaired) electrons. The molecule has 0 amide bonds. The van der Waals surface area contributed by atoms with Gasteiger partial charge in [-0.2, -0.15) is 5.10 Å². The Hall–Kier alpha value is -1.61. The lowest BCUT2D eigenvalue weighted by Gasteiger charge is -1.95. The average Bonchev–Trinajstić information content (AvgIpc) is 2.79. The zero-order valence-corrected chi connectivity index (χ0v) is 8.21. The number of hydrogen-bond donors (Lipinski definition) is 1. The van der Waals surface area contributed by atoms with Crippen molar-refractivity contribution in [2.75, 3.05) is 0 Å². The van der Waals surface area contributed by atoms with E-state index < -0.39 is 0 Å². The van der Waals surface area contributed by atoms with Crippen molar-refractivity contribution in [2.45, 2.75) is 0 Å². The van der Waals surface area contributed by atoms with Crippen LogP contribution in [0.5, 0.6) is 0 Å². The van der Waals surface area contributed by atoms with Crippen LogP contribution in [0.1, 0.15) is 0 Å². The zero-order valence-electron chi connectivity index (χ0n) is 7.40. The van der Waals surface area contributed by atoms with Crippen molar-refractivity contribution in [1.82, 2.24) is 10.2 Å². The molecule has 0 unspecified atom stereocenters. The van der Waals surface area contributed by atoms with Crippen LogP contribution in [0.4, 0.5) is 0 Å². The molecule has 1 N–H and O–H groups in total. The summed E-state index contributed by atoms with van der Waals surface area (Å²) in [6, 6.07) is 12.4. The summed E-state index contributed by atoms with van der Waals surface area (Å²) in [5.41, 5.74) is 2.30. The topological polar surface area (TPSA) is 28.7 Å². The molecule has 0 atom stereocenters. The van der Waals surface area contributed by atoms with Crippen LogP contribution >= 0.6 is 11.3 Å². The fourth-order valence-corrected chi connectivity index (χ4v) is 2.30. The first kappa shape index (κ1) is 7.76. The normalized spacial score (nSPS) is 10.9. The maximum atomic E-state index is 4.25. The summed E-state index contributed by atoms with van der Waals surface area (Å²) in [6.07, 6.45) is 0. The van der Waals surface area contributed by atoms with Gasteiger partial charge in [0, 0.05) is 10.9 Å². The van der Waals surface area contributed by atoms with Crippen molar-refractivity contribution < 1.29 is 0 Å². The molecule has 3 rings (SSSR count). The van der Waals surface area contributed by atoms with Crippen molar-refractivity contribution in [2.24, 2.45) is 0 Å². The monoisotopic (exact) mass is 200 g/mol. The zero-order chi connectivity index (χ0) is 9.38. The highest BCUT2D eigenvalue weighted by Crippen LogP contribution is 2.28. The Balaban J connectivity index is 2.28. The predicted octanol–water partition coefficient (Wildman–Crippen LogP) is 3.29. The van der Waals surface area contributed by atoms with E-state index in [9.17, 15) is 0 Å². The van der Waals surface area contributed by atoms with Gasteiger partial charge in [0.05, 0.1) is 5.69 Å². The number of nitrogens with zero attached hydrogens (tertiary/aromatic N) is 1. The second kappa shape index (κ2) is 2.96. The number of hydrogen-bond acceptors (Lipinski definition) is 2. The summed E-state index contributed by atoms with van der Waals surface area (Å²) in [5, 5.41) is 10.6. The number of aromatic amines is 1. The van der Waals surface area contributed by atoms with Gasteiger partial charge in [-0.15, -0.1) is 11.3 Å². The number of nitrogens with one attached hydrogen (secondary N) is 1. The number of fused-ring (bicyclic) bond motifs is 1. The van der Waals surface area contributed by atoms with Crippen molar-refractivity contribution in [3.8, 4) is 11.3 Å². The Bertz CT molecular complexity index is 551. The maximum Gasteiger partial charge on any atom is 0.145 e. The highest BCUT2D eigenvalue weighted by atomic mass is 32.1. The number of aromatic nitrogens is 2. The molecule has 2 heterocycles. The van der Waals surface area contributed by atoms with E-state index in [-0.39, 0.29) is 0 Å². The van der Waals surface area contributed by atoms with Gasteiger partial charge in [-0.25, -0.2) is 0 Å². The molecule has 0 spiro atoms. The van der Waals surface area contributed by atoms with Crippen LogP contribution in [0.3, 0.4) is 0 Å². The fourth-order valence-electron chi connectivity index (χ4n) is 1.57. The second-order valence-electron chi connectivity index (χ2n) is 3.10. The summed E-state index contributed by atoms with van der Waals surface area (Å²) in [5.74, 6) is 0. The van der Waals surface area contributed by atoms with E-state index >= 15 is 0 Å². The lowest BCUT2D eigenvalue weighted by molar-refractivity contribution is 1.13. The molecule has 2 aromatic heterocycles. The number of H-pyrrole nitrogens is 1. The minimum absolute atomic E-state index is 1.07. The minimum atomic E-state index is 1.07. The molecule has 3 aromatic rings. The fraction of sp³-hybridized carbons (Fsp3) is 0. The molecule has 68 valence electrons. The smallest absolute Gasteiger partial charge is 0.145 e. The van der Waals surface area contributed by atoms with E-state index in [1.165, 1.54) is 10.9 Å². The molecular formula is C11H8N2S. The largest absolute Gasteiger partial charge is 0.276 e. The molecule has 0 saturated carbocycles. The Morgan fingerprint density at radius 2 is 1.93 bits per heavy atom. The Morgan fingerprint density at radius 1 is 1.07 bits per heavy atom.